The number of methoxy groups -OCH3 is 1. The van der Waals surface area contributed by atoms with Crippen molar-refractivity contribution in [2.45, 2.75) is 31.7 Å². The van der Waals surface area contributed by atoms with E-state index in [0.29, 0.717) is 0 Å². The van der Waals surface area contributed by atoms with Crippen molar-refractivity contribution in [3.63, 3.8) is 0 Å². The monoisotopic (exact) mass is 315 g/mol. The molecule has 118 valence electrons. The lowest BCUT2D eigenvalue weighted by molar-refractivity contribution is -0.143. The van der Waals surface area contributed by atoms with Gasteiger partial charge in [0.25, 0.3) is 0 Å². The van der Waals surface area contributed by atoms with E-state index < -0.39 is 16.0 Å². The van der Waals surface area contributed by atoms with Crippen LogP contribution in [0.15, 0.2) is 29.2 Å². The highest BCUT2D eigenvalue weighted by molar-refractivity contribution is 7.89. The first-order valence-corrected chi connectivity index (χ1v) is 8.09. The van der Waals surface area contributed by atoms with Crippen LogP contribution in [0.25, 0.3) is 0 Å². The maximum Gasteiger partial charge on any atom is 0.321 e. The summed E-state index contributed by atoms with van der Waals surface area (Å²) in [5.74, 6) is -0.336. The summed E-state index contributed by atoms with van der Waals surface area (Å²) in [6, 6.07) is 5.93. The Morgan fingerprint density at radius 2 is 1.90 bits per heavy atom. The zero-order valence-corrected chi connectivity index (χ0v) is 13.5. The van der Waals surface area contributed by atoms with E-state index in [1.807, 2.05) is 0 Å². The summed E-state index contributed by atoms with van der Waals surface area (Å²) in [6.07, 6.45) is 0. The predicted octanol–water partition coefficient (Wildman–Crippen LogP) is 1.66. The third kappa shape index (κ3) is 4.18. The third-order valence-corrected chi connectivity index (χ3v) is 4.88. The summed E-state index contributed by atoms with van der Waals surface area (Å²) in [6.45, 7) is 4.95. The molecule has 0 saturated carbocycles. The van der Waals surface area contributed by atoms with E-state index in [1.165, 1.54) is 13.2 Å². The first-order valence-electron chi connectivity index (χ1n) is 6.65. The Bertz CT molecular complexity index is 583. The average Bonchev–Trinajstić information content (AvgIpc) is 2.44. The SMILES string of the molecule is CCOC(=O)CN(C(C)C)S(=O)(=O)c1ccccc1OC. The normalized spacial score (nSPS) is 11.7. The largest absolute Gasteiger partial charge is 0.495 e. The van der Waals surface area contributed by atoms with Crippen molar-refractivity contribution < 1.29 is 22.7 Å². The highest BCUT2D eigenvalue weighted by Crippen LogP contribution is 2.27. The topological polar surface area (TPSA) is 72.9 Å². The standard InChI is InChI=1S/C14H21NO5S/c1-5-20-14(16)10-15(11(2)3)21(17,18)13-9-7-6-8-12(13)19-4/h6-9,11H,5,10H2,1-4H3. The van der Waals surface area contributed by atoms with Crippen LogP contribution in [-0.4, -0.2) is 45.0 Å². The minimum absolute atomic E-state index is 0.0329. The Morgan fingerprint density at radius 3 is 2.43 bits per heavy atom. The smallest absolute Gasteiger partial charge is 0.321 e. The van der Waals surface area contributed by atoms with Gasteiger partial charge in [0.2, 0.25) is 10.0 Å². The minimum Gasteiger partial charge on any atom is -0.495 e. The number of sulfonamides is 1. The van der Waals surface area contributed by atoms with Gasteiger partial charge in [0.15, 0.2) is 0 Å². The van der Waals surface area contributed by atoms with Crippen LogP contribution < -0.4 is 4.74 Å². The number of hydrogen-bond donors (Lipinski definition) is 0. The second kappa shape index (κ2) is 7.42. The Morgan fingerprint density at radius 1 is 1.29 bits per heavy atom. The second-order valence-electron chi connectivity index (χ2n) is 4.60. The molecular formula is C14H21NO5S. The number of ether oxygens (including phenoxy) is 2. The maximum atomic E-state index is 12.7. The molecule has 0 aliphatic rings. The molecular weight excluding hydrogens is 294 g/mol. The number of carbonyl (C=O) groups excluding carboxylic acids is 1. The molecule has 21 heavy (non-hydrogen) atoms. The lowest BCUT2D eigenvalue weighted by Gasteiger charge is -2.25. The number of nitrogens with zero attached hydrogens (tertiary/aromatic N) is 1. The number of hydrogen-bond acceptors (Lipinski definition) is 5. The highest BCUT2D eigenvalue weighted by Gasteiger charge is 2.31. The van der Waals surface area contributed by atoms with Gasteiger partial charge in [-0.25, -0.2) is 8.42 Å². The van der Waals surface area contributed by atoms with Gasteiger partial charge in [0, 0.05) is 6.04 Å². The van der Waals surface area contributed by atoms with Crippen molar-refractivity contribution in [1.29, 1.82) is 0 Å². The fraction of sp³-hybridized carbons (Fsp3) is 0.500. The molecule has 0 aliphatic carbocycles. The molecule has 0 aliphatic heterocycles. The minimum atomic E-state index is -3.85. The van der Waals surface area contributed by atoms with Crippen LogP contribution >= 0.6 is 0 Å². The molecule has 1 aromatic carbocycles. The van der Waals surface area contributed by atoms with Crippen LogP contribution in [-0.2, 0) is 19.6 Å². The number of esters is 1. The second-order valence-corrected chi connectivity index (χ2v) is 6.46. The quantitative estimate of drug-likeness (QED) is 0.716. The summed E-state index contributed by atoms with van der Waals surface area (Å²) in [4.78, 5) is 11.7. The molecule has 0 aromatic heterocycles. The van der Waals surface area contributed by atoms with Crippen molar-refractivity contribution in [2.75, 3.05) is 20.3 Å². The predicted molar refractivity (Wildman–Crippen MR) is 78.7 cm³/mol. The summed E-state index contributed by atoms with van der Waals surface area (Å²) in [5, 5.41) is 0. The number of benzene rings is 1. The van der Waals surface area contributed by atoms with Gasteiger partial charge < -0.3 is 9.47 Å². The van der Waals surface area contributed by atoms with E-state index in [9.17, 15) is 13.2 Å². The van der Waals surface area contributed by atoms with Gasteiger partial charge in [-0.1, -0.05) is 12.1 Å². The highest BCUT2D eigenvalue weighted by atomic mass is 32.2. The molecule has 7 heteroatoms. The Kier molecular flexibility index (Phi) is 6.17. The number of carbonyl (C=O) groups is 1. The van der Waals surface area contributed by atoms with E-state index in [4.69, 9.17) is 9.47 Å². The van der Waals surface area contributed by atoms with Gasteiger partial charge in [-0.15, -0.1) is 0 Å². The summed E-state index contributed by atoms with van der Waals surface area (Å²) >= 11 is 0. The van der Waals surface area contributed by atoms with Gasteiger partial charge in [-0.3, -0.25) is 4.79 Å². The summed E-state index contributed by atoms with van der Waals surface area (Å²) in [7, 11) is -2.45. The van der Waals surface area contributed by atoms with Crippen LogP contribution in [0.3, 0.4) is 0 Å². The number of para-hydroxylation sites is 1. The van der Waals surface area contributed by atoms with Crippen molar-refractivity contribution >= 4 is 16.0 Å². The molecule has 0 bridgehead atoms. The van der Waals surface area contributed by atoms with Gasteiger partial charge in [-0.05, 0) is 32.9 Å². The zero-order chi connectivity index (χ0) is 16.0. The zero-order valence-electron chi connectivity index (χ0n) is 12.7. The molecule has 0 radical (unpaired) electrons. The molecule has 0 unspecified atom stereocenters. The molecule has 0 amide bonds. The molecule has 0 heterocycles. The van der Waals surface area contributed by atoms with E-state index >= 15 is 0 Å². The van der Waals surface area contributed by atoms with Crippen LogP contribution in [0, 0.1) is 0 Å². The lowest BCUT2D eigenvalue weighted by atomic mass is 10.3. The summed E-state index contributed by atoms with van der Waals surface area (Å²) in [5.41, 5.74) is 0. The Labute approximate surface area is 125 Å². The summed E-state index contributed by atoms with van der Waals surface area (Å²) < 4.78 is 36.5. The van der Waals surface area contributed by atoms with Crippen LogP contribution in [0.2, 0.25) is 0 Å². The van der Waals surface area contributed by atoms with E-state index in [1.54, 1.807) is 39.0 Å². The van der Waals surface area contributed by atoms with Gasteiger partial charge in [0.1, 0.15) is 17.2 Å². The molecule has 0 saturated heterocycles. The number of rotatable bonds is 7. The van der Waals surface area contributed by atoms with Crippen LogP contribution in [0.1, 0.15) is 20.8 Å². The van der Waals surface area contributed by atoms with Crippen molar-refractivity contribution in [3.8, 4) is 5.75 Å². The molecule has 6 nitrogen and oxygen atoms in total. The molecule has 0 N–H and O–H groups in total. The Hall–Kier alpha value is -1.60. The lowest BCUT2D eigenvalue weighted by Crippen LogP contribution is -2.41. The molecule has 0 spiro atoms. The van der Waals surface area contributed by atoms with Crippen molar-refractivity contribution in [3.05, 3.63) is 24.3 Å². The van der Waals surface area contributed by atoms with Crippen molar-refractivity contribution in [2.24, 2.45) is 0 Å². The Balaban J connectivity index is 3.19. The first kappa shape index (κ1) is 17.5. The maximum absolute atomic E-state index is 12.7. The van der Waals surface area contributed by atoms with Crippen molar-refractivity contribution in [1.82, 2.24) is 4.31 Å². The van der Waals surface area contributed by atoms with Gasteiger partial charge in [0.05, 0.1) is 13.7 Å². The third-order valence-electron chi connectivity index (χ3n) is 2.82. The van der Waals surface area contributed by atoms with Gasteiger partial charge in [-0.2, -0.15) is 4.31 Å². The van der Waals surface area contributed by atoms with E-state index in [0.717, 1.165) is 4.31 Å². The van der Waals surface area contributed by atoms with Crippen LogP contribution in [0.4, 0.5) is 0 Å². The molecule has 1 aromatic rings. The van der Waals surface area contributed by atoms with Crippen LogP contribution in [0.5, 0.6) is 5.75 Å². The van der Waals surface area contributed by atoms with E-state index in [-0.39, 0.29) is 29.8 Å². The molecule has 0 atom stereocenters. The fourth-order valence-corrected chi connectivity index (χ4v) is 3.58. The molecule has 0 fully saturated rings. The first-order chi connectivity index (χ1) is 9.84. The average molecular weight is 315 g/mol. The molecule has 1 rings (SSSR count). The van der Waals surface area contributed by atoms with Gasteiger partial charge >= 0.3 is 5.97 Å². The fourth-order valence-electron chi connectivity index (χ4n) is 1.84. The van der Waals surface area contributed by atoms with E-state index in [2.05, 4.69) is 0 Å².